The molecule has 0 fully saturated rings. The van der Waals surface area contributed by atoms with Crippen LogP contribution in [0.15, 0.2) is 57.9 Å². The predicted octanol–water partition coefficient (Wildman–Crippen LogP) is 3.01. The lowest BCUT2D eigenvalue weighted by Crippen LogP contribution is -2.07. The van der Waals surface area contributed by atoms with Crippen LogP contribution in [-0.4, -0.2) is 8.42 Å². The first-order valence-electron chi connectivity index (χ1n) is 5.31. The molecule has 0 radical (unpaired) electrons. The normalized spacial score (nSPS) is 11.4. The largest absolute Gasteiger partial charge is 0.398 e. The van der Waals surface area contributed by atoms with Crippen molar-refractivity contribution >= 4 is 31.5 Å². The van der Waals surface area contributed by atoms with E-state index in [0.717, 1.165) is 10.0 Å². The van der Waals surface area contributed by atoms with Gasteiger partial charge in [0.15, 0.2) is 9.84 Å². The minimum absolute atomic E-state index is 0.0471. The molecular formula is C13H12BrNO2S. The van der Waals surface area contributed by atoms with Crippen LogP contribution in [0.25, 0.3) is 0 Å². The van der Waals surface area contributed by atoms with Crippen molar-refractivity contribution in [2.75, 3.05) is 5.73 Å². The number of nitrogens with two attached hydrogens (primary N) is 1. The Morgan fingerprint density at radius 2 is 1.61 bits per heavy atom. The number of anilines is 1. The highest BCUT2D eigenvalue weighted by molar-refractivity contribution is 9.10. The quantitative estimate of drug-likeness (QED) is 0.882. The fourth-order valence-electron chi connectivity index (χ4n) is 1.64. The summed E-state index contributed by atoms with van der Waals surface area (Å²) < 4.78 is 25.4. The van der Waals surface area contributed by atoms with Gasteiger partial charge in [-0.15, -0.1) is 0 Å². The standard InChI is InChI=1S/C13H12BrNO2S/c14-11-7-5-10(6-8-11)9-18(16,17)13-4-2-1-3-12(13)15/h1-8H,9,15H2. The van der Waals surface area contributed by atoms with Crippen molar-refractivity contribution < 1.29 is 8.42 Å². The van der Waals surface area contributed by atoms with Crippen molar-refractivity contribution in [2.24, 2.45) is 0 Å². The van der Waals surface area contributed by atoms with Gasteiger partial charge in [-0.3, -0.25) is 0 Å². The molecule has 0 aromatic heterocycles. The Morgan fingerprint density at radius 3 is 2.22 bits per heavy atom. The van der Waals surface area contributed by atoms with Gasteiger partial charge < -0.3 is 5.73 Å². The van der Waals surface area contributed by atoms with Crippen LogP contribution in [0.3, 0.4) is 0 Å². The van der Waals surface area contributed by atoms with Crippen molar-refractivity contribution in [3.8, 4) is 0 Å². The molecular weight excluding hydrogens is 314 g/mol. The molecule has 3 nitrogen and oxygen atoms in total. The van der Waals surface area contributed by atoms with Crippen molar-refractivity contribution in [1.82, 2.24) is 0 Å². The van der Waals surface area contributed by atoms with Gasteiger partial charge in [-0.05, 0) is 29.8 Å². The van der Waals surface area contributed by atoms with Crippen LogP contribution in [0, 0.1) is 0 Å². The van der Waals surface area contributed by atoms with Gasteiger partial charge in [-0.1, -0.05) is 40.2 Å². The van der Waals surface area contributed by atoms with Crippen LogP contribution in [0.1, 0.15) is 5.56 Å². The Hall–Kier alpha value is -1.33. The van der Waals surface area contributed by atoms with Crippen molar-refractivity contribution in [3.63, 3.8) is 0 Å². The van der Waals surface area contributed by atoms with Crippen LogP contribution in [-0.2, 0) is 15.6 Å². The highest BCUT2D eigenvalue weighted by Gasteiger charge is 2.17. The molecule has 2 N–H and O–H groups in total. The lowest BCUT2D eigenvalue weighted by molar-refractivity contribution is 0.595. The molecule has 0 atom stereocenters. The summed E-state index contributed by atoms with van der Waals surface area (Å²) in [5.41, 5.74) is 6.72. The van der Waals surface area contributed by atoms with Crippen LogP contribution < -0.4 is 5.73 Å². The number of halogens is 1. The van der Waals surface area contributed by atoms with E-state index < -0.39 is 9.84 Å². The maximum atomic E-state index is 12.2. The molecule has 2 aromatic rings. The van der Waals surface area contributed by atoms with Crippen molar-refractivity contribution in [3.05, 3.63) is 58.6 Å². The number of benzene rings is 2. The molecule has 94 valence electrons. The zero-order chi connectivity index (χ0) is 13.2. The van der Waals surface area contributed by atoms with E-state index in [2.05, 4.69) is 15.9 Å². The minimum atomic E-state index is -3.40. The number of hydrogen-bond acceptors (Lipinski definition) is 3. The van der Waals surface area contributed by atoms with Crippen LogP contribution in [0.5, 0.6) is 0 Å². The van der Waals surface area contributed by atoms with E-state index >= 15 is 0 Å². The fourth-order valence-corrected chi connectivity index (χ4v) is 3.41. The molecule has 0 spiro atoms. The summed E-state index contributed by atoms with van der Waals surface area (Å²) >= 11 is 3.31. The van der Waals surface area contributed by atoms with E-state index in [-0.39, 0.29) is 16.3 Å². The second kappa shape index (κ2) is 5.12. The lowest BCUT2D eigenvalue weighted by Gasteiger charge is -2.07. The third kappa shape index (κ3) is 2.91. The number of sulfone groups is 1. The molecule has 0 aliphatic rings. The predicted molar refractivity (Wildman–Crippen MR) is 75.9 cm³/mol. The van der Waals surface area contributed by atoms with E-state index in [9.17, 15) is 8.42 Å². The average molecular weight is 326 g/mol. The molecule has 0 unspecified atom stereocenters. The van der Waals surface area contributed by atoms with Gasteiger partial charge in [0.25, 0.3) is 0 Å². The van der Waals surface area contributed by atoms with Crippen molar-refractivity contribution in [1.29, 1.82) is 0 Å². The Kier molecular flexibility index (Phi) is 3.73. The Morgan fingerprint density at radius 1 is 1.00 bits per heavy atom. The first-order chi connectivity index (χ1) is 8.49. The molecule has 0 aliphatic heterocycles. The molecule has 5 heteroatoms. The zero-order valence-corrected chi connectivity index (χ0v) is 11.9. The Labute approximate surface area is 115 Å². The van der Waals surface area contributed by atoms with Crippen LogP contribution in [0.4, 0.5) is 5.69 Å². The Bertz CT molecular complexity index is 651. The van der Waals surface area contributed by atoms with Gasteiger partial charge in [0.05, 0.1) is 16.3 Å². The number of para-hydroxylation sites is 1. The highest BCUT2D eigenvalue weighted by Crippen LogP contribution is 2.22. The molecule has 0 heterocycles. The van der Waals surface area contributed by atoms with Gasteiger partial charge >= 0.3 is 0 Å². The molecule has 0 saturated heterocycles. The van der Waals surface area contributed by atoms with Gasteiger partial charge in [-0.25, -0.2) is 8.42 Å². The molecule has 2 rings (SSSR count). The van der Waals surface area contributed by atoms with Crippen LogP contribution in [0.2, 0.25) is 0 Å². The highest BCUT2D eigenvalue weighted by atomic mass is 79.9. The van der Waals surface area contributed by atoms with E-state index in [1.165, 1.54) is 6.07 Å². The summed E-state index contributed by atoms with van der Waals surface area (Å²) in [5, 5.41) is 0. The molecule has 0 bridgehead atoms. The van der Waals surface area contributed by atoms with Gasteiger partial charge in [0.2, 0.25) is 0 Å². The van der Waals surface area contributed by atoms with Gasteiger partial charge in [0.1, 0.15) is 0 Å². The van der Waals surface area contributed by atoms with E-state index in [1.54, 1.807) is 30.3 Å². The first kappa shape index (κ1) is 13.1. The first-order valence-corrected chi connectivity index (χ1v) is 7.75. The summed E-state index contributed by atoms with van der Waals surface area (Å²) in [6.45, 7) is 0. The minimum Gasteiger partial charge on any atom is -0.398 e. The number of hydrogen-bond donors (Lipinski definition) is 1. The zero-order valence-electron chi connectivity index (χ0n) is 9.51. The monoisotopic (exact) mass is 325 g/mol. The lowest BCUT2D eigenvalue weighted by atomic mass is 10.2. The number of rotatable bonds is 3. The van der Waals surface area contributed by atoms with Gasteiger partial charge in [0, 0.05) is 4.47 Å². The third-order valence-corrected chi connectivity index (χ3v) is 4.81. The van der Waals surface area contributed by atoms with Crippen molar-refractivity contribution in [2.45, 2.75) is 10.6 Å². The number of nitrogen functional groups attached to an aromatic ring is 1. The van der Waals surface area contributed by atoms with Gasteiger partial charge in [-0.2, -0.15) is 0 Å². The molecule has 0 amide bonds. The van der Waals surface area contributed by atoms with E-state index in [1.807, 2.05) is 12.1 Å². The fraction of sp³-hybridized carbons (Fsp3) is 0.0769. The summed E-state index contributed by atoms with van der Waals surface area (Å²) in [6.07, 6.45) is 0. The second-order valence-electron chi connectivity index (χ2n) is 3.92. The van der Waals surface area contributed by atoms with Crippen LogP contribution >= 0.6 is 15.9 Å². The molecule has 0 saturated carbocycles. The average Bonchev–Trinajstić information content (AvgIpc) is 2.32. The third-order valence-electron chi connectivity index (χ3n) is 2.52. The summed E-state index contributed by atoms with van der Waals surface area (Å²) in [6, 6.07) is 13.7. The molecule has 2 aromatic carbocycles. The summed E-state index contributed by atoms with van der Waals surface area (Å²) in [7, 11) is -3.40. The summed E-state index contributed by atoms with van der Waals surface area (Å²) in [5.74, 6) is -0.0471. The van der Waals surface area contributed by atoms with E-state index in [0.29, 0.717) is 0 Å². The smallest absolute Gasteiger partial charge is 0.184 e. The van der Waals surface area contributed by atoms with E-state index in [4.69, 9.17) is 5.73 Å². The summed E-state index contributed by atoms with van der Waals surface area (Å²) in [4.78, 5) is 0.188. The maximum Gasteiger partial charge on any atom is 0.184 e. The maximum absolute atomic E-state index is 12.2. The SMILES string of the molecule is Nc1ccccc1S(=O)(=O)Cc1ccc(Br)cc1. The topological polar surface area (TPSA) is 60.2 Å². The Balaban J connectivity index is 2.33. The second-order valence-corrected chi connectivity index (χ2v) is 6.80. The molecule has 0 aliphatic carbocycles. The molecule has 18 heavy (non-hydrogen) atoms.